The third kappa shape index (κ3) is 4.71. The highest BCUT2D eigenvalue weighted by molar-refractivity contribution is 8.15. The second-order valence-corrected chi connectivity index (χ2v) is 5.68. The smallest absolute Gasteiger partial charge is 0.305 e. The number of carboxylic acid groups (broad SMARTS) is 1. The van der Waals surface area contributed by atoms with Crippen LogP contribution in [0.25, 0.3) is 0 Å². The van der Waals surface area contributed by atoms with E-state index in [1.54, 1.807) is 32.4 Å². The number of carboxylic acids is 1. The Morgan fingerprint density at radius 2 is 2.00 bits per heavy atom. The van der Waals surface area contributed by atoms with Crippen LogP contribution in [0.2, 0.25) is 0 Å². The molecule has 0 aromatic heterocycles. The predicted octanol–water partition coefficient (Wildman–Crippen LogP) is 1.10. The Hall–Kier alpha value is -2.55. The minimum Gasteiger partial charge on any atom is -0.497 e. The summed E-state index contributed by atoms with van der Waals surface area (Å²) in [6, 6.07) is 5.23. The van der Waals surface area contributed by atoms with Crippen LogP contribution >= 0.6 is 11.8 Å². The van der Waals surface area contributed by atoms with Crippen LogP contribution in [-0.2, 0) is 9.59 Å². The fraction of sp³-hybridized carbons (Fsp3) is 0.286. The number of thioether (sulfide) groups is 1. The van der Waals surface area contributed by atoms with Gasteiger partial charge < -0.3 is 19.9 Å². The number of amides is 1. The standard InChI is InChI=1S/C14H15N3O5S/c1-21-9-3-8(4-10(5-9)22-2)7-15-17-14-16-13(20)11(23-14)6-12(18)19/h3-5,7,11H,6H2,1-2H3,(H,18,19)(H,16,17,20). The summed E-state index contributed by atoms with van der Waals surface area (Å²) in [5, 5.41) is 18.6. The van der Waals surface area contributed by atoms with E-state index in [9.17, 15) is 9.59 Å². The second-order valence-electron chi connectivity index (χ2n) is 4.49. The van der Waals surface area contributed by atoms with Crippen LogP contribution in [0.15, 0.2) is 28.4 Å². The first kappa shape index (κ1) is 16.8. The van der Waals surface area contributed by atoms with Crippen molar-refractivity contribution in [3.05, 3.63) is 23.8 Å². The highest BCUT2D eigenvalue weighted by Gasteiger charge is 2.32. The lowest BCUT2D eigenvalue weighted by molar-refractivity contribution is -0.138. The highest BCUT2D eigenvalue weighted by Crippen LogP contribution is 2.23. The van der Waals surface area contributed by atoms with Crippen molar-refractivity contribution in [1.82, 2.24) is 5.32 Å². The molecule has 1 aromatic rings. The lowest BCUT2D eigenvalue weighted by atomic mass is 10.2. The average molecular weight is 337 g/mol. The third-order valence-corrected chi connectivity index (χ3v) is 3.94. The monoisotopic (exact) mass is 337 g/mol. The number of nitrogens with zero attached hydrogens (tertiary/aromatic N) is 2. The van der Waals surface area contributed by atoms with Crippen LogP contribution < -0.4 is 14.8 Å². The number of amidine groups is 1. The molecule has 1 aliphatic heterocycles. The summed E-state index contributed by atoms with van der Waals surface area (Å²) in [6.07, 6.45) is 1.22. The predicted molar refractivity (Wildman–Crippen MR) is 86.3 cm³/mol. The van der Waals surface area contributed by atoms with E-state index in [4.69, 9.17) is 14.6 Å². The molecule has 1 saturated heterocycles. The van der Waals surface area contributed by atoms with Crippen molar-refractivity contribution in [1.29, 1.82) is 0 Å². The topological polar surface area (TPSA) is 110 Å². The summed E-state index contributed by atoms with van der Waals surface area (Å²) in [6.45, 7) is 0. The summed E-state index contributed by atoms with van der Waals surface area (Å²) in [7, 11) is 3.09. The van der Waals surface area contributed by atoms with Gasteiger partial charge in [-0.05, 0) is 12.1 Å². The van der Waals surface area contributed by atoms with Crippen LogP contribution in [0.1, 0.15) is 12.0 Å². The highest BCUT2D eigenvalue weighted by atomic mass is 32.2. The summed E-state index contributed by atoms with van der Waals surface area (Å²) in [5.41, 5.74) is 0.710. The summed E-state index contributed by atoms with van der Waals surface area (Å²) in [4.78, 5) is 22.2. The van der Waals surface area contributed by atoms with Gasteiger partial charge in [0.1, 0.15) is 16.7 Å². The quantitative estimate of drug-likeness (QED) is 0.594. The van der Waals surface area contributed by atoms with Crippen LogP contribution in [0, 0.1) is 0 Å². The number of ether oxygens (including phenoxy) is 2. The van der Waals surface area contributed by atoms with Crippen LogP contribution in [0.4, 0.5) is 0 Å². The molecule has 1 aliphatic rings. The first-order valence-electron chi connectivity index (χ1n) is 6.55. The van der Waals surface area contributed by atoms with Crippen molar-refractivity contribution in [2.24, 2.45) is 10.2 Å². The number of carbonyl (C=O) groups excluding carboxylic acids is 1. The van der Waals surface area contributed by atoms with Gasteiger partial charge in [-0.25, -0.2) is 0 Å². The molecule has 1 atom stereocenters. The molecule has 0 saturated carbocycles. The Bertz CT molecular complexity index is 652. The Balaban J connectivity index is 2.06. The van der Waals surface area contributed by atoms with Crippen molar-refractivity contribution < 1.29 is 24.2 Å². The van der Waals surface area contributed by atoms with E-state index in [0.717, 1.165) is 11.8 Å². The lowest BCUT2D eigenvalue weighted by Gasteiger charge is -2.05. The number of methoxy groups -OCH3 is 2. The molecule has 23 heavy (non-hydrogen) atoms. The van der Waals surface area contributed by atoms with Gasteiger partial charge in [0.15, 0.2) is 5.17 Å². The van der Waals surface area contributed by atoms with Gasteiger partial charge in [0.2, 0.25) is 5.91 Å². The molecule has 0 radical (unpaired) electrons. The molecule has 2 rings (SSSR count). The van der Waals surface area contributed by atoms with Gasteiger partial charge in [-0.3, -0.25) is 9.59 Å². The van der Waals surface area contributed by atoms with Gasteiger partial charge in [0.25, 0.3) is 0 Å². The van der Waals surface area contributed by atoms with Gasteiger partial charge >= 0.3 is 5.97 Å². The number of hydrogen-bond acceptors (Lipinski definition) is 7. The number of benzene rings is 1. The first-order valence-corrected chi connectivity index (χ1v) is 7.43. The minimum absolute atomic E-state index is 0.258. The molecule has 0 aliphatic carbocycles. The maximum atomic E-state index is 11.6. The largest absolute Gasteiger partial charge is 0.497 e. The van der Waals surface area contributed by atoms with Crippen molar-refractivity contribution >= 4 is 35.0 Å². The Morgan fingerprint density at radius 3 is 2.57 bits per heavy atom. The molecule has 122 valence electrons. The number of aliphatic carboxylic acids is 1. The maximum Gasteiger partial charge on any atom is 0.305 e. The Morgan fingerprint density at radius 1 is 1.35 bits per heavy atom. The van der Waals surface area contributed by atoms with Crippen LogP contribution in [-0.4, -0.2) is 47.8 Å². The first-order chi connectivity index (χ1) is 11.0. The van der Waals surface area contributed by atoms with Gasteiger partial charge in [0.05, 0.1) is 26.9 Å². The number of hydrogen-bond donors (Lipinski definition) is 2. The molecule has 1 unspecified atom stereocenters. The maximum absolute atomic E-state index is 11.6. The van der Waals surface area contributed by atoms with Crippen molar-refractivity contribution in [2.45, 2.75) is 11.7 Å². The molecule has 9 heteroatoms. The zero-order chi connectivity index (χ0) is 16.8. The zero-order valence-electron chi connectivity index (χ0n) is 12.5. The van der Waals surface area contributed by atoms with E-state index in [0.29, 0.717) is 17.1 Å². The zero-order valence-corrected chi connectivity index (χ0v) is 13.3. The normalized spacial score (nSPS) is 19.1. The fourth-order valence-corrected chi connectivity index (χ4v) is 2.71. The van der Waals surface area contributed by atoms with Crippen molar-refractivity contribution in [3.8, 4) is 11.5 Å². The third-order valence-electron chi connectivity index (χ3n) is 2.87. The fourth-order valence-electron chi connectivity index (χ4n) is 1.80. The molecule has 1 aromatic carbocycles. The molecular formula is C14H15N3O5S. The van der Waals surface area contributed by atoms with Crippen LogP contribution in [0.3, 0.4) is 0 Å². The number of rotatable bonds is 6. The Kier molecular flexibility index (Phi) is 5.58. The molecule has 1 heterocycles. The van der Waals surface area contributed by atoms with Gasteiger partial charge in [-0.1, -0.05) is 11.8 Å². The van der Waals surface area contributed by atoms with E-state index < -0.39 is 11.2 Å². The minimum atomic E-state index is -1.04. The van der Waals surface area contributed by atoms with E-state index in [2.05, 4.69) is 15.5 Å². The molecule has 0 bridgehead atoms. The van der Waals surface area contributed by atoms with E-state index in [-0.39, 0.29) is 17.5 Å². The summed E-state index contributed by atoms with van der Waals surface area (Å²) in [5.74, 6) is -0.188. The number of carbonyl (C=O) groups is 2. The lowest BCUT2D eigenvalue weighted by Crippen LogP contribution is -2.26. The summed E-state index contributed by atoms with van der Waals surface area (Å²) >= 11 is 1.04. The van der Waals surface area contributed by atoms with E-state index in [1.165, 1.54) is 6.21 Å². The van der Waals surface area contributed by atoms with Gasteiger partial charge in [-0.2, -0.15) is 5.10 Å². The Labute approximate surface area is 136 Å². The van der Waals surface area contributed by atoms with E-state index in [1.807, 2.05) is 0 Å². The molecular weight excluding hydrogens is 322 g/mol. The molecule has 1 amide bonds. The molecule has 2 N–H and O–H groups in total. The van der Waals surface area contributed by atoms with Crippen LogP contribution in [0.5, 0.6) is 11.5 Å². The molecule has 1 fully saturated rings. The molecule has 8 nitrogen and oxygen atoms in total. The average Bonchev–Trinajstić information content (AvgIpc) is 2.86. The van der Waals surface area contributed by atoms with Crippen molar-refractivity contribution in [2.75, 3.05) is 14.2 Å². The SMILES string of the molecule is COc1cc(C=NN=C2NC(=O)C(CC(=O)O)S2)cc(OC)c1. The van der Waals surface area contributed by atoms with Gasteiger partial charge in [-0.15, -0.1) is 5.10 Å². The molecule has 0 spiro atoms. The number of nitrogens with one attached hydrogen (secondary N) is 1. The summed E-state index contributed by atoms with van der Waals surface area (Å²) < 4.78 is 10.3. The van der Waals surface area contributed by atoms with E-state index >= 15 is 0 Å². The second kappa shape index (κ2) is 7.63. The van der Waals surface area contributed by atoms with Gasteiger partial charge in [0, 0.05) is 11.6 Å². The van der Waals surface area contributed by atoms with Crippen molar-refractivity contribution in [3.63, 3.8) is 0 Å².